The van der Waals surface area contributed by atoms with Crippen LogP contribution >= 0.6 is 0 Å². The molecule has 0 aromatic rings. The zero-order valence-electron chi connectivity index (χ0n) is 11.1. The van der Waals surface area contributed by atoms with Crippen LogP contribution in [0.2, 0.25) is 0 Å². The van der Waals surface area contributed by atoms with Crippen LogP contribution in [0, 0.1) is 17.8 Å². The van der Waals surface area contributed by atoms with Crippen LogP contribution in [-0.4, -0.2) is 30.4 Å². The number of aliphatic hydroxyl groups is 1. The Labute approximate surface area is 110 Å². The lowest BCUT2D eigenvalue weighted by molar-refractivity contribution is -0.329. The molecule has 19 heavy (non-hydrogen) atoms. The third-order valence-corrected chi connectivity index (χ3v) is 3.48. The van der Waals surface area contributed by atoms with Gasteiger partial charge in [-0.1, -0.05) is 19.1 Å². The van der Waals surface area contributed by atoms with E-state index in [1.807, 2.05) is 19.1 Å². The Morgan fingerprint density at radius 3 is 2.42 bits per heavy atom. The van der Waals surface area contributed by atoms with Crippen molar-refractivity contribution in [2.24, 2.45) is 17.8 Å². The van der Waals surface area contributed by atoms with Crippen molar-refractivity contribution in [1.29, 1.82) is 0 Å². The van der Waals surface area contributed by atoms with E-state index < -0.39 is 18.6 Å². The molecule has 0 amide bonds. The normalized spacial score (nSPS) is 31.8. The highest BCUT2D eigenvalue weighted by Gasteiger charge is 2.55. The topological polar surface area (TPSA) is 29.5 Å². The highest BCUT2D eigenvalue weighted by atomic mass is 19.4. The molecular formula is C13H20F4O2. The van der Waals surface area contributed by atoms with Crippen LogP contribution in [0.4, 0.5) is 17.6 Å². The Morgan fingerprint density at radius 1 is 1.26 bits per heavy atom. The third-order valence-electron chi connectivity index (χ3n) is 3.48. The van der Waals surface area contributed by atoms with Gasteiger partial charge in [0, 0.05) is 0 Å². The molecular weight excluding hydrogens is 264 g/mol. The monoisotopic (exact) mass is 284 g/mol. The van der Waals surface area contributed by atoms with Crippen molar-refractivity contribution in [3.8, 4) is 0 Å². The summed E-state index contributed by atoms with van der Waals surface area (Å²) in [6.45, 7) is 2.61. The Morgan fingerprint density at radius 2 is 1.89 bits per heavy atom. The Bertz CT molecular complexity index is 312. The molecule has 0 heterocycles. The van der Waals surface area contributed by atoms with Crippen molar-refractivity contribution in [3.05, 3.63) is 12.2 Å². The molecule has 1 aliphatic rings. The molecule has 0 aromatic heterocycles. The van der Waals surface area contributed by atoms with Crippen molar-refractivity contribution >= 4 is 0 Å². The lowest BCUT2D eigenvalue weighted by atomic mass is 9.96. The molecule has 6 heteroatoms. The van der Waals surface area contributed by atoms with Gasteiger partial charge in [0.1, 0.15) is 6.61 Å². The summed E-state index contributed by atoms with van der Waals surface area (Å²) in [6.07, 6.45) is 0.377. The molecule has 0 bridgehead atoms. The van der Waals surface area contributed by atoms with Gasteiger partial charge in [-0.2, -0.15) is 17.6 Å². The number of halogens is 4. The van der Waals surface area contributed by atoms with Gasteiger partial charge < -0.3 is 9.84 Å². The van der Waals surface area contributed by atoms with Crippen LogP contribution in [0.3, 0.4) is 0 Å². The van der Waals surface area contributed by atoms with Crippen molar-refractivity contribution in [3.63, 3.8) is 0 Å². The minimum absolute atomic E-state index is 0.0294. The van der Waals surface area contributed by atoms with Gasteiger partial charge in [-0.25, -0.2) is 0 Å². The summed E-state index contributed by atoms with van der Waals surface area (Å²) in [5.41, 5.74) is 0. The molecule has 1 aliphatic carbocycles. The number of allylic oxidation sites excluding steroid dienone is 2. The molecule has 2 nitrogen and oxygen atoms in total. The van der Waals surface area contributed by atoms with Gasteiger partial charge in [0.2, 0.25) is 0 Å². The average molecular weight is 284 g/mol. The summed E-state index contributed by atoms with van der Waals surface area (Å²) < 4.78 is 53.9. The van der Waals surface area contributed by atoms with Crippen LogP contribution in [0.5, 0.6) is 0 Å². The first-order valence-corrected chi connectivity index (χ1v) is 6.36. The first kappa shape index (κ1) is 16.4. The van der Waals surface area contributed by atoms with Crippen molar-refractivity contribution in [1.82, 2.24) is 0 Å². The fourth-order valence-corrected chi connectivity index (χ4v) is 2.55. The maximum Gasteiger partial charge on any atom is 0.450 e. The number of alkyl halides is 4. The fraction of sp³-hybridized carbons (Fsp3) is 0.846. The predicted octanol–water partition coefficient (Wildman–Crippen LogP) is 3.46. The molecule has 1 N–H and O–H groups in total. The van der Waals surface area contributed by atoms with E-state index in [2.05, 4.69) is 6.92 Å². The molecule has 0 spiro atoms. The Hall–Kier alpha value is -0.620. The zero-order valence-corrected chi connectivity index (χ0v) is 11.1. The first-order chi connectivity index (χ1) is 8.67. The second-order valence-corrected chi connectivity index (χ2v) is 5.30. The average Bonchev–Trinajstić information content (AvgIpc) is 2.58. The minimum atomic E-state index is -5.32. The number of hydrogen-bond donors (Lipinski definition) is 1. The SMILES string of the molecule is C/C=C/C1CC(C)CC1COC[C@@](O)(F)C(F)(F)F. The number of hydrogen-bond acceptors (Lipinski definition) is 2. The molecule has 1 saturated carbocycles. The lowest BCUT2D eigenvalue weighted by Crippen LogP contribution is -2.45. The Balaban J connectivity index is 2.44. The maximum absolute atomic E-state index is 12.9. The molecule has 0 aromatic carbocycles. The smallest absolute Gasteiger partial charge is 0.375 e. The van der Waals surface area contributed by atoms with Gasteiger partial charge >= 0.3 is 12.0 Å². The number of rotatable bonds is 5. The quantitative estimate of drug-likeness (QED) is 0.619. The summed E-state index contributed by atoms with van der Waals surface area (Å²) in [5.74, 6) is -3.47. The summed E-state index contributed by atoms with van der Waals surface area (Å²) in [6, 6.07) is 0. The molecule has 3 unspecified atom stereocenters. The Kier molecular flexibility index (Phi) is 5.38. The molecule has 0 aliphatic heterocycles. The van der Waals surface area contributed by atoms with E-state index in [0.29, 0.717) is 5.92 Å². The van der Waals surface area contributed by atoms with Gasteiger partial charge in [0.05, 0.1) is 6.61 Å². The molecule has 112 valence electrons. The third kappa shape index (κ3) is 4.45. The molecule has 0 radical (unpaired) electrons. The van der Waals surface area contributed by atoms with Gasteiger partial charge in [-0.15, -0.1) is 0 Å². The van der Waals surface area contributed by atoms with E-state index in [-0.39, 0.29) is 18.4 Å². The summed E-state index contributed by atoms with van der Waals surface area (Å²) >= 11 is 0. The minimum Gasteiger partial charge on any atom is -0.375 e. The second-order valence-electron chi connectivity index (χ2n) is 5.30. The molecule has 0 saturated heterocycles. The fourth-order valence-electron chi connectivity index (χ4n) is 2.55. The molecule has 4 atom stereocenters. The summed E-state index contributed by atoms with van der Waals surface area (Å²) in [7, 11) is 0. The zero-order chi connectivity index (χ0) is 14.7. The van der Waals surface area contributed by atoms with E-state index in [0.717, 1.165) is 12.8 Å². The standard InChI is InChI=1S/C13H20F4O2/c1-3-4-10-5-9(2)6-11(10)7-19-8-12(14,18)13(15,16)17/h3-4,9-11,18H,5-8H2,1-2H3/b4-3+/t9?,10?,11?,12-/m0/s1. The maximum atomic E-state index is 12.9. The van der Waals surface area contributed by atoms with Gasteiger partial charge in [0.25, 0.3) is 0 Å². The van der Waals surface area contributed by atoms with E-state index >= 15 is 0 Å². The van der Waals surface area contributed by atoms with Gasteiger partial charge in [-0.05, 0) is 37.5 Å². The van der Waals surface area contributed by atoms with E-state index in [4.69, 9.17) is 9.84 Å². The van der Waals surface area contributed by atoms with Crippen LogP contribution < -0.4 is 0 Å². The van der Waals surface area contributed by atoms with E-state index in [9.17, 15) is 17.6 Å². The van der Waals surface area contributed by atoms with Gasteiger partial charge in [0.15, 0.2) is 0 Å². The lowest BCUT2D eigenvalue weighted by Gasteiger charge is -2.23. The predicted molar refractivity (Wildman–Crippen MR) is 63.1 cm³/mol. The van der Waals surface area contributed by atoms with Gasteiger partial charge in [-0.3, -0.25) is 0 Å². The summed E-state index contributed by atoms with van der Waals surface area (Å²) in [4.78, 5) is 0. The second kappa shape index (κ2) is 6.22. The largest absolute Gasteiger partial charge is 0.450 e. The van der Waals surface area contributed by atoms with E-state index in [1.165, 1.54) is 0 Å². The van der Waals surface area contributed by atoms with E-state index in [1.54, 1.807) is 0 Å². The van der Waals surface area contributed by atoms with Crippen molar-refractivity contribution in [2.75, 3.05) is 13.2 Å². The van der Waals surface area contributed by atoms with Crippen molar-refractivity contribution < 1.29 is 27.4 Å². The van der Waals surface area contributed by atoms with Crippen molar-refractivity contribution in [2.45, 2.75) is 38.7 Å². The molecule has 1 rings (SSSR count). The highest BCUT2D eigenvalue weighted by molar-refractivity contribution is 4.95. The summed E-state index contributed by atoms with van der Waals surface area (Å²) in [5, 5.41) is 8.62. The van der Waals surface area contributed by atoms with Crippen LogP contribution in [0.1, 0.15) is 26.7 Å². The van der Waals surface area contributed by atoms with Crippen LogP contribution in [0.25, 0.3) is 0 Å². The van der Waals surface area contributed by atoms with Crippen LogP contribution in [0.15, 0.2) is 12.2 Å². The molecule has 1 fully saturated rings. The first-order valence-electron chi connectivity index (χ1n) is 6.36. The van der Waals surface area contributed by atoms with Crippen LogP contribution in [-0.2, 0) is 4.74 Å². The number of ether oxygens (including phenoxy) is 1. The highest BCUT2D eigenvalue weighted by Crippen LogP contribution is 2.38.